The summed E-state index contributed by atoms with van der Waals surface area (Å²) in [6.07, 6.45) is 2.03. The first kappa shape index (κ1) is 14.5. The number of likely N-dealkylation sites (N-methyl/N-ethyl adjacent to an activating group) is 1. The summed E-state index contributed by atoms with van der Waals surface area (Å²) in [7, 11) is 5.38. The second-order valence-electron chi connectivity index (χ2n) is 3.94. The van der Waals surface area contributed by atoms with Crippen LogP contribution >= 0.6 is 15.9 Å². The molecule has 0 heterocycles. The Kier molecular flexibility index (Phi) is 6.55. The molecule has 0 saturated carbocycles. The summed E-state index contributed by atoms with van der Waals surface area (Å²) in [5.41, 5.74) is 1.26. The van der Waals surface area contributed by atoms with Crippen molar-refractivity contribution in [3.05, 3.63) is 28.2 Å². The van der Waals surface area contributed by atoms with Gasteiger partial charge in [-0.3, -0.25) is 0 Å². The Hall–Kier alpha value is -0.580. The minimum Gasteiger partial charge on any atom is -0.497 e. The molecule has 17 heavy (non-hydrogen) atoms. The monoisotopic (exact) mass is 301 g/mol. The van der Waals surface area contributed by atoms with E-state index >= 15 is 0 Å². The van der Waals surface area contributed by atoms with Gasteiger partial charge in [-0.15, -0.1) is 0 Å². The van der Waals surface area contributed by atoms with Crippen LogP contribution in [0.4, 0.5) is 0 Å². The average molecular weight is 302 g/mol. The highest BCUT2D eigenvalue weighted by Gasteiger charge is 2.08. The van der Waals surface area contributed by atoms with Crippen LogP contribution in [0, 0.1) is 0 Å². The Bertz CT molecular complexity index is 344. The topological polar surface area (TPSA) is 30.5 Å². The van der Waals surface area contributed by atoms with Crippen LogP contribution in [0.15, 0.2) is 22.7 Å². The molecular weight excluding hydrogens is 282 g/mol. The van der Waals surface area contributed by atoms with Crippen molar-refractivity contribution in [2.45, 2.75) is 18.9 Å². The third-order valence-corrected chi connectivity index (χ3v) is 3.56. The predicted molar refractivity (Wildman–Crippen MR) is 73.7 cm³/mol. The molecule has 0 radical (unpaired) electrons. The number of nitrogens with one attached hydrogen (secondary N) is 1. The summed E-state index contributed by atoms with van der Waals surface area (Å²) >= 11 is 3.56. The molecule has 0 aliphatic rings. The number of benzene rings is 1. The molecule has 0 bridgehead atoms. The lowest BCUT2D eigenvalue weighted by Gasteiger charge is -2.15. The molecule has 3 nitrogen and oxygen atoms in total. The van der Waals surface area contributed by atoms with E-state index in [1.165, 1.54) is 5.56 Å². The number of methoxy groups -OCH3 is 2. The largest absolute Gasteiger partial charge is 0.497 e. The zero-order chi connectivity index (χ0) is 12.7. The van der Waals surface area contributed by atoms with E-state index in [0.717, 1.165) is 29.7 Å². The zero-order valence-electron chi connectivity index (χ0n) is 10.6. The van der Waals surface area contributed by atoms with Crippen LogP contribution in [0.25, 0.3) is 0 Å². The smallest absolute Gasteiger partial charge is 0.119 e. The third-order valence-electron chi connectivity index (χ3n) is 2.79. The maximum atomic E-state index is 5.23. The molecule has 0 spiro atoms. The maximum absolute atomic E-state index is 5.23. The fraction of sp³-hybridized carbons (Fsp3) is 0.538. The van der Waals surface area contributed by atoms with Crippen LogP contribution in [-0.4, -0.2) is 33.9 Å². The molecule has 1 N–H and O–H groups in total. The van der Waals surface area contributed by atoms with Gasteiger partial charge in [-0.1, -0.05) is 15.9 Å². The molecule has 4 heteroatoms. The summed E-state index contributed by atoms with van der Waals surface area (Å²) in [6, 6.07) is 6.44. The van der Waals surface area contributed by atoms with Crippen molar-refractivity contribution in [2.24, 2.45) is 0 Å². The quantitative estimate of drug-likeness (QED) is 0.840. The van der Waals surface area contributed by atoms with Crippen molar-refractivity contribution in [1.82, 2.24) is 5.32 Å². The molecule has 96 valence electrons. The van der Waals surface area contributed by atoms with Crippen LogP contribution in [0.1, 0.15) is 12.0 Å². The average Bonchev–Trinajstić information content (AvgIpc) is 2.36. The highest BCUT2D eigenvalue weighted by molar-refractivity contribution is 9.10. The Morgan fingerprint density at radius 3 is 2.71 bits per heavy atom. The summed E-state index contributed by atoms with van der Waals surface area (Å²) in [5, 5.41) is 3.25. The first-order valence-corrected chi connectivity index (χ1v) is 6.49. The maximum Gasteiger partial charge on any atom is 0.119 e. The lowest BCUT2D eigenvalue weighted by Crippen LogP contribution is -2.30. The molecule has 0 aliphatic heterocycles. The van der Waals surface area contributed by atoms with Gasteiger partial charge in [0.2, 0.25) is 0 Å². The van der Waals surface area contributed by atoms with Gasteiger partial charge in [0.1, 0.15) is 5.75 Å². The van der Waals surface area contributed by atoms with Crippen molar-refractivity contribution in [3.8, 4) is 5.75 Å². The van der Waals surface area contributed by atoms with Crippen molar-refractivity contribution in [2.75, 3.05) is 27.9 Å². The van der Waals surface area contributed by atoms with Gasteiger partial charge in [-0.2, -0.15) is 0 Å². The molecule has 0 saturated heterocycles. The molecule has 0 aliphatic carbocycles. The summed E-state index contributed by atoms with van der Waals surface area (Å²) in [4.78, 5) is 0. The molecule has 0 fully saturated rings. The molecule has 0 amide bonds. The van der Waals surface area contributed by atoms with E-state index in [9.17, 15) is 0 Å². The van der Waals surface area contributed by atoms with Gasteiger partial charge in [0.05, 0.1) is 13.7 Å². The lowest BCUT2D eigenvalue weighted by molar-refractivity contribution is 0.166. The second-order valence-corrected chi connectivity index (χ2v) is 4.79. The van der Waals surface area contributed by atoms with Gasteiger partial charge in [-0.05, 0) is 43.7 Å². The van der Waals surface area contributed by atoms with E-state index in [0.29, 0.717) is 6.04 Å². The number of ether oxygens (including phenoxy) is 2. The first-order chi connectivity index (χ1) is 8.21. The van der Waals surface area contributed by atoms with E-state index in [4.69, 9.17) is 9.47 Å². The Morgan fingerprint density at radius 1 is 1.35 bits per heavy atom. The van der Waals surface area contributed by atoms with E-state index in [1.54, 1.807) is 14.2 Å². The lowest BCUT2D eigenvalue weighted by atomic mass is 10.1. The van der Waals surface area contributed by atoms with Gasteiger partial charge in [-0.25, -0.2) is 0 Å². The van der Waals surface area contributed by atoms with E-state index in [2.05, 4.69) is 27.3 Å². The minimum absolute atomic E-state index is 0.387. The minimum atomic E-state index is 0.387. The normalized spacial score (nSPS) is 12.5. The molecule has 1 aromatic carbocycles. The van der Waals surface area contributed by atoms with Gasteiger partial charge >= 0.3 is 0 Å². The summed E-state index contributed by atoms with van der Waals surface area (Å²) in [5.74, 6) is 0.899. The van der Waals surface area contributed by atoms with Crippen LogP contribution in [-0.2, 0) is 11.2 Å². The van der Waals surface area contributed by atoms with E-state index in [1.807, 2.05) is 19.2 Å². The van der Waals surface area contributed by atoms with Crippen molar-refractivity contribution in [1.29, 1.82) is 0 Å². The number of aryl methyl sites for hydroxylation is 1. The van der Waals surface area contributed by atoms with Crippen LogP contribution in [0.5, 0.6) is 5.75 Å². The van der Waals surface area contributed by atoms with Crippen molar-refractivity contribution < 1.29 is 9.47 Å². The molecular formula is C13H20BrNO2. The van der Waals surface area contributed by atoms with E-state index in [-0.39, 0.29) is 0 Å². The fourth-order valence-electron chi connectivity index (χ4n) is 1.71. The van der Waals surface area contributed by atoms with Gasteiger partial charge in [0.25, 0.3) is 0 Å². The fourth-order valence-corrected chi connectivity index (χ4v) is 2.16. The molecule has 0 aromatic heterocycles. The van der Waals surface area contributed by atoms with E-state index < -0.39 is 0 Å². The Balaban J connectivity index is 2.60. The molecule has 1 atom stereocenters. The number of rotatable bonds is 7. The predicted octanol–water partition coefficient (Wildman–Crippen LogP) is 2.62. The Labute approximate surface area is 112 Å². The second kappa shape index (κ2) is 7.69. The van der Waals surface area contributed by atoms with Gasteiger partial charge < -0.3 is 14.8 Å². The summed E-state index contributed by atoms with van der Waals surface area (Å²) < 4.78 is 11.5. The highest BCUT2D eigenvalue weighted by Crippen LogP contribution is 2.23. The number of hydrogen-bond acceptors (Lipinski definition) is 3. The van der Waals surface area contributed by atoms with Crippen LogP contribution < -0.4 is 10.1 Å². The third kappa shape index (κ3) is 4.66. The number of halogens is 1. The van der Waals surface area contributed by atoms with Crippen molar-refractivity contribution in [3.63, 3.8) is 0 Å². The molecule has 1 rings (SSSR count). The van der Waals surface area contributed by atoms with Gasteiger partial charge in [0.15, 0.2) is 0 Å². The SMILES string of the molecule is CNC(CCc1cc(OC)ccc1Br)COC. The van der Waals surface area contributed by atoms with Crippen LogP contribution in [0.3, 0.4) is 0 Å². The number of hydrogen-bond donors (Lipinski definition) is 1. The molecule has 1 unspecified atom stereocenters. The summed E-state index contributed by atoms with van der Waals surface area (Å²) in [6.45, 7) is 0.734. The first-order valence-electron chi connectivity index (χ1n) is 5.70. The highest BCUT2D eigenvalue weighted by atomic mass is 79.9. The van der Waals surface area contributed by atoms with Crippen LogP contribution in [0.2, 0.25) is 0 Å². The molecule has 1 aromatic rings. The zero-order valence-corrected chi connectivity index (χ0v) is 12.2. The van der Waals surface area contributed by atoms with Gasteiger partial charge in [0, 0.05) is 17.6 Å². The van der Waals surface area contributed by atoms with Crippen molar-refractivity contribution >= 4 is 15.9 Å². The Morgan fingerprint density at radius 2 is 2.12 bits per heavy atom. The standard InChI is InChI=1S/C13H20BrNO2/c1-15-11(9-16-2)5-4-10-8-12(17-3)6-7-13(10)14/h6-8,11,15H,4-5,9H2,1-3H3.